The molecule has 16 heavy (non-hydrogen) atoms. The Bertz CT molecular complexity index is 516. The molecule has 82 valence electrons. The van der Waals surface area contributed by atoms with E-state index in [4.69, 9.17) is 4.74 Å². The first-order chi connectivity index (χ1) is 7.66. The second-order valence-corrected chi connectivity index (χ2v) is 5.12. The fraction of sp³-hybridized carbons (Fsp3) is 0. The molecule has 0 aliphatic heterocycles. The predicted molar refractivity (Wildman–Crippen MR) is 73.3 cm³/mol. The van der Waals surface area contributed by atoms with Gasteiger partial charge in [0, 0.05) is 6.07 Å². The maximum absolute atomic E-state index is 13.0. The Morgan fingerprint density at radius 2 is 1.81 bits per heavy atom. The van der Waals surface area contributed by atoms with Crippen LogP contribution in [0, 0.1) is 9.39 Å². The van der Waals surface area contributed by atoms with Crippen LogP contribution in [0.3, 0.4) is 0 Å². The predicted octanol–water partition coefficient (Wildman–Crippen LogP) is 4.99. The number of halogens is 3. The SMILES string of the molecule is Fc1ccc(Br)c(Oc2ccccc2I)c1. The molecule has 0 saturated carbocycles. The Labute approximate surface area is 115 Å². The topological polar surface area (TPSA) is 9.23 Å². The van der Waals surface area contributed by atoms with Crippen LogP contribution in [0.5, 0.6) is 11.5 Å². The van der Waals surface area contributed by atoms with E-state index in [1.807, 2.05) is 24.3 Å². The van der Waals surface area contributed by atoms with E-state index in [9.17, 15) is 4.39 Å². The molecule has 0 radical (unpaired) electrons. The molecule has 0 unspecified atom stereocenters. The van der Waals surface area contributed by atoms with Crippen LogP contribution in [-0.4, -0.2) is 0 Å². The van der Waals surface area contributed by atoms with Crippen molar-refractivity contribution in [2.24, 2.45) is 0 Å². The van der Waals surface area contributed by atoms with Crippen molar-refractivity contribution in [2.45, 2.75) is 0 Å². The van der Waals surface area contributed by atoms with Crippen molar-refractivity contribution < 1.29 is 9.13 Å². The van der Waals surface area contributed by atoms with E-state index in [2.05, 4.69) is 38.5 Å². The summed E-state index contributed by atoms with van der Waals surface area (Å²) in [6, 6.07) is 11.9. The summed E-state index contributed by atoms with van der Waals surface area (Å²) in [6.45, 7) is 0. The van der Waals surface area contributed by atoms with E-state index in [0.717, 1.165) is 13.8 Å². The lowest BCUT2D eigenvalue weighted by Crippen LogP contribution is -1.88. The lowest BCUT2D eigenvalue weighted by atomic mass is 10.3. The van der Waals surface area contributed by atoms with Crippen molar-refractivity contribution in [3.05, 3.63) is 56.3 Å². The summed E-state index contributed by atoms with van der Waals surface area (Å²) in [4.78, 5) is 0. The van der Waals surface area contributed by atoms with Gasteiger partial charge in [-0.05, 0) is 62.8 Å². The molecule has 0 amide bonds. The normalized spacial score (nSPS) is 10.2. The molecular weight excluding hydrogens is 386 g/mol. The molecule has 0 heterocycles. The average Bonchev–Trinajstić information content (AvgIpc) is 2.27. The van der Waals surface area contributed by atoms with Gasteiger partial charge in [0.2, 0.25) is 0 Å². The van der Waals surface area contributed by atoms with E-state index in [0.29, 0.717) is 5.75 Å². The standard InChI is InChI=1S/C12H7BrFIO/c13-9-6-5-8(14)7-12(9)16-11-4-2-1-3-10(11)15/h1-7H. The van der Waals surface area contributed by atoms with Crippen LogP contribution in [0.1, 0.15) is 0 Å². The molecule has 0 N–H and O–H groups in total. The highest BCUT2D eigenvalue weighted by Gasteiger charge is 2.06. The van der Waals surface area contributed by atoms with Crippen LogP contribution < -0.4 is 4.74 Å². The minimum atomic E-state index is -0.316. The highest BCUT2D eigenvalue weighted by molar-refractivity contribution is 14.1. The Morgan fingerprint density at radius 3 is 2.56 bits per heavy atom. The largest absolute Gasteiger partial charge is 0.455 e. The second-order valence-electron chi connectivity index (χ2n) is 3.11. The number of hydrogen-bond acceptors (Lipinski definition) is 1. The molecule has 2 aromatic rings. The van der Waals surface area contributed by atoms with E-state index < -0.39 is 0 Å². The van der Waals surface area contributed by atoms with Gasteiger partial charge in [-0.1, -0.05) is 12.1 Å². The summed E-state index contributed by atoms with van der Waals surface area (Å²) < 4.78 is 20.4. The van der Waals surface area contributed by atoms with E-state index >= 15 is 0 Å². The van der Waals surface area contributed by atoms with Gasteiger partial charge in [0.25, 0.3) is 0 Å². The number of rotatable bonds is 2. The summed E-state index contributed by atoms with van der Waals surface area (Å²) in [6.07, 6.45) is 0. The third-order valence-corrected chi connectivity index (χ3v) is 3.50. The molecule has 0 aromatic heterocycles. The molecule has 2 aromatic carbocycles. The van der Waals surface area contributed by atoms with Crippen LogP contribution >= 0.6 is 38.5 Å². The van der Waals surface area contributed by atoms with Crippen LogP contribution in [0.2, 0.25) is 0 Å². The molecule has 0 bridgehead atoms. The van der Waals surface area contributed by atoms with E-state index in [-0.39, 0.29) is 5.82 Å². The zero-order valence-corrected chi connectivity index (χ0v) is 11.8. The Hall–Kier alpha value is -0.620. The summed E-state index contributed by atoms with van der Waals surface area (Å²) in [5, 5.41) is 0. The lowest BCUT2D eigenvalue weighted by molar-refractivity contribution is 0.470. The minimum Gasteiger partial charge on any atom is -0.455 e. The molecular formula is C12H7BrFIO. The molecule has 4 heteroatoms. The number of ether oxygens (including phenoxy) is 1. The summed E-state index contributed by atoms with van der Waals surface area (Å²) in [5.74, 6) is 0.877. The quantitative estimate of drug-likeness (QED) is 0.654. The van der Waals surface area contributed by atoms with Crippen molar-refractivity contribution in [1.82, 2.24) is 0 Å². The van der Waals surface area contributed by atoms with Crippen molar-refractivity contribution in [3.63, 3.8) is 0 Å². The second kappa shape index (κ2) is 5.14. The Balaban J connectivity index is 2.34. The summed E-state index contributed by atoms with van der Waals surface area (Å²) >= 11 is 5.49. The Morgan fingerprint density at radius 1 is 1.06 bits per heavy atom. The van der Waals surface area contributed by atoms with Crippen LogP contribution in [-0.2, 0) is 0 Å². The smallest absolute Gasteiger partial charge is 0.144 e. The third-order valence-electron chi connectivity index (χ3n) is 1.95. The molecule has 2 rings (SSSR count). The monoisotopic (exact) mass is 392 g/mol. The first-order valence-electron chi connectivity index (χ1n) is 4.54. The third kappa shape index (κ3) is 2.74. The van der Waals surface area contributed by atoms with Crippen LogP contribution in [0.4, 0.5) is 4.39 Å². The van der Waals surface area contributed by atoms with Gasteiger partial charge in [0.1, 0.15) is 17.3 Å². The van der Waals surface area contributed by atoms with E-state index in [1.165, 1.54) is 12.1 Å². The molecule has 0 fully saturated rings. The summed E-state index contributed by atoms with van der Waals surface area (Å²) in [7, 11) is 0. The van der Waals surface area contributed by atoms with Crippen molar-refractivity contribution >= 4 is 38.5 Å². The van der Waals surface area contributed by atoms with Crippen molar-refractivity contribution in [3.8, 4) is 11.5 Å². The molecule has 0 aliphatic carbocycles. The molecule has 0 aliphatic rings. The van der Waals surface area contributed by atoms with Gasteiger partial charge in [-0.25, -0.2) is 4.39 Å². The van der Waals surface area contributed by atoms with Gasteiger partial charge in [-0.15, -0.1) is 0 Å². The minimum absolute atomic E-state index is 0.316. The highest BCUT2D eigenvalue weighted by Crippen LogP contribution is 2.32. The molecule has 0 spiro atoms. The maximum Gasteiger partial charge on any atom is 0.144 e. The van der Waals surface area contributed by atoms with Gasteiger partial charge in [-0.3, -0.25) is 0 Å². The van der Waals surface area contributed by atoms with Gasteiger partial charge >= 0.3 is 0 Å². The van der Waals surface area contributed by atoms with Crippen molar-refractivity contribution in [2.75, 3.05) is 0 Å². The van der Waals surface area contributed by atoms with E-state index in [1.54, 1.807) is 6.07 Å². The van der Waals surface area contributed by atoms with Gasteiger partial charge in [-0.2, -0.15) is 0 Å². The van der Waals surface area contributed by atoms with Crippen LogP contribution in [0.15, 0.2) is 46.9 Å². The van der Waals surface area contributed by atoms with Gasteiger partial charge < -0.3 is 4.74 Å². The number of hydrogen-bond donors (Lipinski definition) is 0. The zero-order chi connectivity index (χ0) is 11.5. The molecule has 0 atom stereocenters. The number of para-hydroxylation sites is 1. The zero-order valence-electron chi connectivity index (χ0n) is 8.08. The lowest BCUT2D eigenvalue weighted by Gasteiger charge is -2.09. The fourth-order valence-electron chi connectivity index (χ4n) is 1.20. The number of benzene rings is 2. The highest BCUT2D eigenvalue weighted by atomic mass is 127. The first kappa shape index (κ1) is 11.9. The molecule has 1 nitrogen and oxygen atoms in total. The maximum atomic E-state index is 13.0. The summed E-state index contributed by atoms with van der Waals surface area (Å²) in [5.41, 5.74) is 0. The Kier molecular flexibility index (Phi) is 3.81. The fourth-order valence-corrected chi connectivity index (χ4v) is 2.03. The van der Waals surface area contributed by atoms with Gasteiger partial charge in [0.05, 0.1) is 8.04 Å². The average molecular weight is 393 g/mol. The van der Waals surface area contributed by atoms with Gasteiger partial charge in [0.15, 0.2) is 0 Å². The van der Waals surface area contributed by atoms with Crippen molar-refractivity contribution in [1.29, 1.82) is 0 Å². The van der Waals surface area contributed by atoms with Crippen LogP contribution in [0.25, 0.3) is 0 Å². The first-order valence-corrected chi connectivity index (χ1v) is 6.41. The molecule has 0 saturated heterocycles.